The van der Waals surface area contributed by atoms with E-state index < -0.39 is 5.60 Å². The highest BCUT2D eigenvalue weighted by Crippen LogP contribution is 2.27. The van der Waals surface area contributed by atoms with E-state index in [1.807, 2.05) is 20.8 Å². The van der Waals surface area contributed by atoms with Gasteiger partial charge in [0.1, 0.15) is 5.60 Å². The molecule has 0 aromatic carbocycles. The maximum absolute atomic E-state index is 11.8. The first kappa shape index (κ1) is 16.9. The molecular formula is C16H30N2O2S. The largest absolute Gasteiger partial charge is 0.444 e. The molecule has 2 aliphatic rings. The van der Waals surface area contributed by atoms with E-state index in [4.69, 9.17) is 4.74 Å². The summed E-state index contributed by atoms with van der Waals surface area (Å²) in [6, 6.07) is 1.24. The number of amides is 1. The van der Waals surface area contributed by atoms with Gasteiger partial charge in [-0.1, -0.05) is 6.42 Å². The number of ether oxygens (including phenoxy) is 1. The van der Waals surface area contributed by atoms with Gasteiger partial charge in [0.25, 0.3) is 0 Å². The van der Waals surface area contributed by atoms with Crippen molar-refractivity contribution in [2.45, 2.75) is 70.6 Å². The fourth-order valence-electron chi connectivity index (χ4n) is 3.20. The van der Waals surface area contributed by atoms with Gasteiger partial charge >= 0.3 is 6.09 Å². The van der Waals surface area contributed by atoms with Crippen molar-refractivity contribution in [2.75, 3.05) is 18.1 Å². The monoisotopic (exact) mass is 314 g/mol. The summed E-state index contributed by atoms with van der Waals surface area (Å²) in [6.07, 6.45) is 5.99. The molecule has 2 N–H and O–H groups in total. The average Bonchev–Trinajstić information content (AvgIpc) is 2.83. The van der Waals surface area contributed by atoms with E-state index in [2.05, 4.69) is 22.4 Å². The molecule has 0 unspecified atom stereocenters. The number of hydrogen-bond acceptors (Lipinski definition) is 4. The Morgan fingerprint density at radius 3 is 2.57 bits per heavy atom. The van der Waals surface area contributed by atoms with Gasteiger partial charge in [0.2, 0.25) is 0 Å². The molecule has 0 aromatic rings. The van der Waals surface area contributed by atoms with Crippen LogP contribution >= 0.6 is 11.8 Å². The molecule has 2 atom stereocenters. The summed E-state index contributed by atoms with van der Waals surface area (Å²) in [6.45, 7) is 6.42. The van der Waals surface area contributed by atoms with E-state index in [1.54, 1.807) is 0 Å². The van der Waals surface area contributed by atoms with E-state index in [1.165, 1.54) is 43.6 Å². The highest BCUT2D eigenvalue weighted by atomic mass is 32.2. The van der Waals surface area contributed by atoms with Crippen molar-refractivity contribution in [3.05, 3.63) is 0 Å². The molecular weight excluding hydrogens is 284 g/mol. The van der Waals surface area contributed by atoms with Crippen molar-refractivity contribution >= 4 is 17.9 Å². The molecule has 2 fully saturated rings. The third-order valence-corrected chi connectivity index (χ3v) is 5.29. The molecule has 0 bridgehead atoms. The number of carbonyl (C=O) groups excluding carboxylic acids is 1. The summed E-state index contributed by atoms with van der Waals surface area (Å²) < 4.78 is 5.31. The van der Waals surface area contributed by atoms with E-state index in [0.29, 0.717) is 18.0 Å². The lowest BCUT2D eigenvalue weighted by atomic mass is 10.0. The van der Waals surface area contributed by atoms with Gasteiger partial charge in [-0.2, -0.15) is 11.8 Å². The molecule has 1 amide bonds. The summed E-state index contributed by atoms with van der Waals surface area (Å²) in [7, 11) is 0. The maximum atomic E-state index is 11.8. The highest BCUT2D eigenvalue weighted by molar-refractivity contribution is 7.99. The molecule has 1 aliphatic heterocycles. The molecule has 1 saturated carbocycles. The first-order chi connectivity index (χ1) is 9.94. The van der Waals surface area contributed by atoms with E-state index in [9.17, 15) is 4.79 Å². The van der Waals surface area contributed by atoms with Crippen LogP contribution < -0.4 is 10.6 Å². The fraction of sp³-hybridized carbons (Fsp3) is 0.938. The third kappa shape index (κ3) is 6.07. The van der Waals surface area contributed by atoms with Crippen LogP contribution in [0.5, 0.6) is 0 Å². The van der Waals surface area contributed by atoms with Crippen LogP contribution in [-0.2, 0) is 4.74 Å². The number of carbonyl (C=O) groups is 1. The van der Waals surface area contributed by atoms with Crippen molar-refractivity contribution in [3.8, 4) is 0 Å². The second kappa shape index (κ2) is 7.73. The fourth-order valence-corrected chi connectivity index (χ4v) is 4.30. The minimum absolute atomic E-state index is 0.290. The third-order valence-electron chi connectivity index (χ3n) is 4.24. The standard InChI is InChI=1S/C16H30N2O2S/c1-16(2,3)20-15(19)17-11-12-5-4-6-14(12)18-13-7-9-21-10-8-13/h12-14,18H,4-11H2,1-3H3,(H,17,19)/t12-,14+/m0/s1. The van der Waals surface area contributed by atoms with Crippen LogP contribution in [0.15, 0.2) is 0 Å². The second-order valence-corrected chi connectivity index (χ2v) is 8.46. The van der Waals surface area contributed by atoms with E-state index >= 15 is 0 Å². The Balaban J connectivity index is 1.72. The Bertz CT molecular complexity index is 338. The summed E-state index contributed by atoms with van der Waals surface area (Å²) in [4.78, 5) is 11.8. The average molecular weight is 314 g/mol. The normalized spacial score (nSPS) is 27.6. The Labute approximate surface area is 133 Å². The topological polar surface area (TPSA) is 50.4 Å². The first-order valence-corrected chi connectivity index (χ1v) is 9.40. The number of hydrogen-bond donors (Lipinski definition) is 2. The smallest absolute Gasteiger partial charge is 0.407 e. The number of nitrogens with one attached hydrogen (secondary N) is 2. The van der Waals surface area contributed by atoms with Crippen LogP contribution in [0.1, 0.15) is 52.9 Å². The van der Waals surface area contributed by atoms with Gasteiger partial charge in [-0.05, 0) is 63.9 Å². The summed E-state index contributed by atoms with van der Waals surface area (Å²) >= 11 is 2.06. The lowest BCUT2D eigenvalue weighted by Crippen LogP contribution is -2.45. The van der Waals surface area contributed by atoms with E-state index in [0.717, 1.165) is 6.54 Å². The lowest BCUT2D eigenvalue weighted by molar-refractivity contribution is 0.0517. The van der Waals surface area contributed by atoms with Crippen molar-refractivity contribution in [1.29, 1.82) is 0 Å². The minimum Gasteiger partial charge on any atom is -0.444 e. The number of rotatable bonds is 4. The van der Waals surface area contributed by atoms with Crippen molar-refractivity contribution in [1.82, 2.24) is 10.6 Å². The van der Waals surface area contributed by atoms with Crippen LogP contribution in [0.4, 0.5) is 4.79 Å². The van der Waals surface area contributed by atoms with Crippen LogP contribution in [0.3, 0.4) is 0 Å². The van der Waals surface area contributed by atoms with Crippen molar-refractivity contribution < 1.29 is 9.53 Å². The molecule has 5 heteroatoms. The lowest BCUT2D eigenvalue weighted by Gasteiger charge is -2.29. The second-order valence-electron chi connectivity index (χ2n) is 7.23. The molecule has 21 heavy (non-hydrogen) atoms. The van der Waals surface area contributed by atoms with Crippen LogP contribution in [-0.4, -0.2) is 41.8 Å². The molecule has 1 aliphatic carbocycles. The summed E-state index contributed by atoms with van der Waals surface area (Å²) in [5, 5.41) is 6.78. The molecule has 0 spiro atoms. The predicted octanol–water partition coefficient (Wildman–Crippen LogP) is 3.17. The Hall–Kier alpha value is -0.420. The van der Waals surface area contributed by atoms with Gasteiger partial charge in [-0.3, -0.25) is 0 Å². The van der Waals surface area contributed by atoms with E-state index in [-0.39, 0.29) is 6.09 Å². The Kier molecular flexibility index (Phi) is 6.23. The predicted molar refractivity (Wildman–Crippen MR) is 88.8 cm³/mol. The number of thioether (sulfide) groups is 1. The van der Waals surface area contributed by atoms with Gasteiger partial charge in [-0.15, -0.1) is 0 Å². The number of alkyl carbamates (subject to hydrolysis) is 1. The van der Waals surface area contributed by atoms with Crippen LogP contribution in [0.25, 0.3) is 0 Å². The SMILES string of the molecule is CC(C)(C)OC(=O)NC[C@@H]1CCC[C@H]1NC1CCSCC1. The Morgan fingerprint density at radius 2 is 1.90 bits per heavy atom. The van der Waals surface area contributed by atoms with Crippen LogP contribution in [0, 0.1) is 5.92 Å². The molecule has 4 nitrogen and oxygen atoms in total. The quantitative estimate of drug-likeness (QED) is 0.837. The molecule has 1 heterocycles. The zero-order valence-corrected chi connectivity index (χ0v) is 14.4. The van der Waals surface area contributed by atoms with Crippen LogP contribution in [0.2, 0.25) is 0 Å². The maximum Gasteiger partial charge on any atom is 0.407 e. The zero-order valence-electron chi connectivity index (χ0n) is 13.6. The molecule has 0 radical (unpaired) electrons. The molecule has 122 valence electrons. The van der Waals surface area contributed by atoms with Crippen molar-refractivity contribution in [3.63, 3.8) is 0 Å². The van der Waals surface area contributed by atoms with Gasteiger partial charge in [0, 0.05) is 18.6 Å². The Morgan fingerprint density at radius 1 is 1.19 bits per heavy atom. The molecule has 2 rings (SSSR count). The van der Waals surface area contributed by atoms with Gasteiger partial charge < -0.3 is 15.4 Å². The highest BCUT2D eigenvalue weighted by Gasteiger charge is 2.30. The van der Waals surface area contributed by atoms with Gasteiger partial charge in [0.05, 0.1) is 0 Å². The van der Waals surface area contributed by atoms with Crippen molar-refractivity contribution in [2.24, 2.45) is 5.92 Å². The van der Waals surface area contributed by atoms with Gasteiger partial charge in [-0.25, -0.2) is 4.79 Å². The van der Waals surface area contributed by atoms with Gasteiger partial charge in [0.15, 0.2) is 0 Å². The summed E-state index contributed by atoms with van der Waals surface area (Å²) in [5.74, 6) is 3.11. The molecule has 1 saturated heterocycles. The minimum atomic E-state index is -0.419. The summed E-state index contributed by atoms with van der Waals surface area (Å²) in [5.41, 5.74) is -0.419. The zero-order chi connectivity index (χ0) is 15.3. The molecule has 0 aromatic heterocycles. The first-order valence-electron chi connectivity index (χ1n) is 8.25.